The molecular weight excluding hydrogens is 374 g/mol. The number of aryl methyl sites for hydroxylation is 1. The molecular formula is C25H35N3O2. The summed E-state index contributed by atoms with van der Waals surface area (Å²) < 4.78 is 5.39. The number of nitrogens with one attached hydrogen (secondary N) is 1. The van der Waals surface area contributed by atoms with E-state index in [1.165, 1.54) is 6.42 Å². The fourth-order valence-corrected chi connectivity index (χ4v) is 4.07. The number of para-hydroxylation sites is 1. The number of piperidine rings is 1. The van der Waals surface area contributed by atoms with Crippen molar-refractivity contribution in [1.82, 2.24) is 15.2 Å². The first-order valence-corrected chi connectivity index (χ1v) is 11.1. The maximum absolute atomic E-state index is 13.0. The number of hydrogen-bond acceptors (Lipinski definition) is 4. The van der Waals surface area contributed by atoms with Crippen LogP contribution in [0.3, 0.4) is 0 Å². The molecule has 1 fully saturated rings. The van der Waals surface area contributed by atoms with Gasteiger partial charge in [0.05, 0.1) is 18.4 Å². The molecule has 0 spiro atoms. The molecule has 5 nitrogen and oxygen atoms in total. The Morgan fingerprint density at radius 1 is 1.20 bits per heavy atom. The topological polar surface area (TPSA) is 54.5 Å². The van der Waals surface area contributed by atoms with E-state index in [0.717, 1.165) is 61.1 Å². The van der Waals surface area contributed by atoms with E-state index in [4.69, 9.17) is 9.72 Å². The molecule has 0 atom stereocenters. The van der Waals surface area contributed by atoms with Crippen molar-refractivity contribution in [2.45, 2.75) is 52.5 Å². The first-order valence-electron chi connectivity index (χ1n) is 11.1. The first kappa shape index (κ1) is 22.3. The van der Waals surface area contributed by atoms with E-state index in [0.29, 0.717) is 18.0 Å². The van der Waals surface area contributed by atoms with Gasteiger partial charge in [0.2, 0.25) is 0 Å². The third-order valence-corrected chi connectivity index (χ3v) is 5.94. The number of carbonyl (C=O) groups is 1. The number of aromatic nitrogens is 1. The minimum atomic E-state index is -0.0642. The Bertz CT molecular complexity index is 842. The second-order valence-corrected chi connectivity index (χ2v) is 8.68. The lowest BCUT2D eigenvalue weighted by Gasteiger charge is -2.32. The van der Waals surface area contributed by atoms with Gasteiger partial charge in [0.1, 0.15) is 5.75 Å². The highest BCUT2D eigenvalue weighted by atomic mass is 16.5. The SMILES string of the molecule is COc1ccccc1CNC(=O)c1ccc(C)nc1C1CCN(CCC(C)C)CC1. The van der Waals surface area contributed by atoms with Crippen LogP contribution in [0.15, 0.2) is 36.4 Å². The molecule has 1 aromatic carbocycles. The van der Waals surface area contributed by atoms with Crippen LogP contribution in [0.25, 0.3) is 0 Å². The molecule has 0 saturated carbocycles. The van der Waals surface area contributed by atoms with Crippen LogP contribution in [0.5, 0.6) is 5.75 Å². The Labute approximate surface area is 180 Å². The van der Waals surface area contributed by atoms with Crippen LogP contribution in [0.4, 0.5) is 0 Å². The normalized spacial score (nSPS) is 15.4. The van der Waals surface area contributed by atoms with E-state index in [1.54, 1.807) is 7.11 Å². The number of hydrogen-bond donors (Lipinski definition) is 1. The second-order valence-electron chi connectivity index (χ2n) is 8.68. The third-order valence-electron chi connectivity index (χ3n) is 5.94. The van der Waals surface area contributed by atoms with Gasteiger partial charge in [-0.2, -0.15) is 0 Å². The highest BCUT2D eigenvalue weighted by Crippen LogP contribution is 2.30. The zero-order valence-corrected chi connectivity index (χ0v) is 18.8. The minimum Gasteiger partial charge on any atom is -0.496 e. The monoisotopic (exact) mass is 409 g/mol. The molecule has 5 heteroatoms. The Kier molecular flexibility index (Phi) is 7.86. The van der Waals surface area contributed by atoms with Crippen molar-refractivity contribution >= 4 is 5.91 Å². The number of carbonyl (C=O) groups excluding carboxylic acids is 1. The summed E-state index contributed by atoms with van der Waals surface area (Å²) in [6, 6.07) is 11.6. The lowest BCUT2D eigenvalue weighted by Crippen LogP contribution is -2.35. The second kappa shape index (κ2) is 10.6. The van der Waals surface area contributed by atoms with Crippen molar-refractivity contribution in [2.24, 2.45) is 5.92 Å². The Morgan fingerprint density at radius 3 is 2.63 bits per heavy atom. The van der Waals surface area contributed by atoms with Crippen molar-refractivity contribution in [3.8, 4) is 5.75 Å². The van der Waals surface area contributed by atoms with Crippen LogP contribution in [-0.2, 0) is 6.54 Å². The molecule has 0 aliphatic carbocycles. The van der Waals surface area contributed by atoms with Gasteiger partial charge in [-0.1, -0.05) is 32.0 Å². The Balaban J connectivity index is 1.67. The third kappa shape index (κ3) is 5.82. The quantitative estimate of drug-likeness (QED) is 0.695. The summed E-state index contributed by atoms with van der Waals surface area (Å²) in [4.78, 5) is 20.4. The Hall–Kier alpha value is -2.40. The smallest absolute Gasteiger partial charge is 0.253 e. The van der Waals surface area contributed by atoms with Gasteiger partial charge in [-0.15, -0.1) is 0 Å². The van der Waals surface area contributed by atoms with Crippen LogP contribution in [-0.4, -0.2) is 42.5 Å². The number of rotatable bonds is 8. The van der Waals surface area contributed by atoms with E-state index >= 15 is 0 Å². The van der Waals surface area contributed by atoms with Gasteiger partial charge >= 0.3 is 0 Å². The number of amides is 1. The van der Waals surface area contributed by atoms with Crippen molar-refractivity contribution in [2.75, 3.05) is 26.7 Å². The van der Waals surface area contributed by atoms with E-state index in [-0.39, 0.29) is 5.91 Å². The zero-order valence-electron chi connectivity index (χ0n) is 18.8. The van der Waals surface area contributed by atoms with Crippen LogP contribution in [0, 0.1) is 12.8 Å². The number of pyridine rings is 1. The summed E-state index contributed by atoms with van der Waals surface area (Å²) >= 11 is 0. The van der Waals surface area contributed by atoms with Crippen molar-refractivity contribution in [3.63, 3.8) is 0 Å². The fourth-order valence-electron chi connectivity index (χ4n) is 4.07. The number of likely N-dealkylation sites (tertiary alicyclic amines) is 1. The van der Waals surface area contributed by atoms with Gasteiger partial charge in [0.15, 0.2) is 0 Å². The summed E-state index contributed by atoms with van der Waals surface area (Å²) in [5.74, 6) is 1.80. The van der Waals surface area contributed by atoms with Crippen LogP contribution in [0.2, 0.25) is 0 Å². The van der Waals surface area contributed by atoms with E-state index in [1.807, 2.05) is 43.3 Å². The molecule has 0 bridgehead atoms. The lowest BCUT2D eigenvalue weighted by atomic mass is 9.89. The molecule has 1 aliphatic heterocycles. The van der Waals surface area contributed by atoms with Gasteiger partial charge in [0.25, 0.3) is 5.91 Å². The highest BCUT2D eigenvalue weighted by molar-refractivity contribution is 5.95. The highest BCUT2D eigenvalue weighted by Gasteiger charge is 2.26. The first-order chi connectivity index (χ1) is 14.5. The number of ether oxygens (including phenoxy) is 1. The van der Waals surface area contributed by atoms with E-state index in [2.05, 4.69) is 24.1 Å². The molecule has 1 aliphatic rings. The van der Waals surface area contributed by atoms with Crippen molar-refractivity contribution in [3.05, 3.63) is 58.9 Å². The average molecular weight is 410 g/mol. The van der Waals surface area contributed by atoms with Crippen molar-refractivity contribution in [1.29, 1.82) is 0 Å². The molecule has 2 aromatic rings. The summed E-state index contributed by atoms with van der Waals surface area (Å²) in [6.07, 6.45) is 3.35. The molecule has 30 heavy (non-hydrogen) atoms. The van der Waals surface area contributed by atoms with Gasteiger partial charge in [0, 0.05) is 23.7 Å². The van der Waals surface area contributed by atoms with E-state index in [9.17, 15) is 4.79 Å². The standard InChI is InChI=1S/C25H35N3O2/c1-18(2)11-14-28-15-12-20(13-16-28)24-22(10-9-19(3)27-24)25(29)26-17-21-7-5-6-8-23(21)30-4/h5-10,18,20H,11-17H2,1-4H3,(H,26,29). The van der Waals surface area contributed by atoms with Gasteiger partial charge in [-0.25, -0.2) is 0 Å². The lowest BCUT2D eigenvalue weighted by molar-refractivity contribution is 0.0947. The largest absolute Gasteiger partial charge is 0.496 e. The minimum absolute atomic E-state index is 0.0642. The molecule has 1 saturated heterocycles. The average Bonchev–Trinajstić information content (AvgIpc) is 2.76. The summed E-state index contributed by atoms with van der Waals surface area (Å²) in [7, 11) is 1.65. The summed E-state index contributed by atoms with van der Waals surface area (Å²) in [5, 5.41) is 3.06. The Morgan fingerprint density at radius 2 is 1.93 bits per heavy atom. The molecule has 1 amide bonds. The zero-order chi connectivity index (χ0) is 21.5. The maximum atomic E-state index is 13.0. The summed E-state index contributed by atoms with van der Waals surface area (Å²) in [5.41, 5.74) is 3.59. The van der Waals surface area contributed by atoms with Crippen molar-refractivity contribution < 1.29 is 9.53 Å². The molecule has 0 radical (unpaired) electrons. The van der Waals surface area contributed by atoms with Crippen LogP contribution < -0.4 is 10.1 Å². The number of nitrogens with zero attached hydrogens (tertiary/aromatic N) is 2. The summed E-state index contributed by atoms with van der Waals surface area (Å²) in [6.45, 7) is 10.3. The molecule has 1 N–H and O–H groups in total. The molecule has 0 unspecified atom stereocenters. The molecule has 3 rings (SSSR count). The van der Waals surface area contributed by atoms with E-state index < -0.39 is 0 Å². The molecule has 1 aromatic heterocycles. The van der Waals surface area contributed by atoms with Gasteiger partial charge in [-0.3, -0.25) is 9.78 Å². The molecule has 2 heterocycles. The maximum Gasteiger partial charge on any atom is 0.253 e. The predicted molar refractivity (Wildman–Crippen MR) is 121 cm³/mol. The van der Waals surface area contributed by atoms with Gasteiger partial charge in [-0.05, 0) is 69.9 Å². The molecule has 162 valence electrons. The van der Waals surface area contributed by atoms with Crippen LogP contribution in [0.1, 0.15) is 66.3 Å². The van der Waals surface area contributed by atoms with Crippen LogP contribution >= 0.6 is 0 Å². The predicted octanol–water partition coefficient (Wildman–Crippen LogP) is 4.55. The number of methoxy groups -OCH3 is 1. The fraction of sp³-hybridized carbons (Fsp3) is 0.520. The number of benzene rings is 1. The van der Waals surface area contributed by atoms with Gasteiger partial charge < -0.3 is 15.0 Å².